The number of rotatable bonds is 1. The van der Waals surface area contributed by atoms with Crippen molar-refractivity contribution in [3.8, 4) is 5.88 Å². The summed E-state index contributed by atoms with van der Waals surface area (Å²) in [6.45, 7) is 0. The Morgan fingerprint density at radius 1 is 1.29 bits per heavy atom. The third-order valence-electron chi connectivity index (χ3n) is 2.68. The summed E-state index contributed by atoms with van der Waals surface area (Å²) in [6.07, 6.45) is 4.53. The second-order valence-corrected chi connectivity index (χ2v) is 5.01. The van der Waals surface area contributed by atoms with Gasteiger partial charge in [-0.1, -0.05) is 0 Å². The zero-order valence-corrected chi connectivity index (χ0v) is 8.68. The van der Waals surface area contributed by atoms with Crippen molar-refractivity contribution in [1.29, 1.82) is 0 Å². The maximum absolute atomic E-state index is 9.74. The molecule has 2 heterocycles. The van der Waals surface area contributed by atoms with E-state index in [1.165, 1.54) is 12.8 Å². The van der Waals surface area contributed by atoms with Gasteiger partial charge in [0.05, 0.1) is 10.6 Å². The van der Waals surface area contributed by atoms with E-state index in [1.54, 1.807) is 11.8 Å². The van der Waals surface area contributed by atoms with Gasteiger partial charge in [0.25, 0.3) is 0 Å². The Balaban J connectivity index is 2.06. The van der Waals surface area contributed by atoms with Crippen LogP contribution in [0.5, 0.6) is 5.88 Å². The van der Waals surface area contributed by atoms with E-state index in [0.29, 0.717) is 5.92 Å². The summed E-state index contributed by atoms with van der Waals surface area (Å²) < 4.78 is 0. The Morgan fingerprint density at radius 3 is 2.93 bits per heavy atom. The van der Waals surface area contributed by atoms with Crippen LogP contribution in [0, 0.1) is 0 Å². The zero-order chi connectivity index (χ0) is 9.54. The third kappa shape index (κ3) is 1.38. The molecule has 1 N–H and O–H groups in total. The molecule has 14 heavy (non-hydrogen) atoms. The first kappa shape index (κ1) is 8.53. The number of nitrogens with zero attached hydrogens (tertiary/aromatic N) is 2. The van der Waals surface area contributed by atoms with Gasteiger partial charge in [-0.2, -0.15) is 4.98 Å². The molecule has 1 aliphatic carbocycles. The fourth-order valence-electron chi connectivity index (χ4n) is 1.76. The molecule has 3 rings (SSSR count). The number of aryl methyl sites for hydroxylation is 1. The topological polar surface area (TPSA) is 46.0 Å². The first-order chi connectivity index (χ1) is 6.84. The lowest BCUT2D eigenvalue weighted by Crippen LogP contribution is -2.06. The lowest BCUT2D eigenvalue weighted by molar-refractivity contribution is 0.430. The minimum atomic E-state index is 0.210. The van der Waals surface area contributed by atoms with Gasteiger partial charge < -0.3 is 5.11 Å². The number of aromatic nitrogens is 2. The van der Waals surface area contributed by atoms with E-state index in [0.717, 1.165) is 35.0 Å². The van der Waals surface area contributed by atoms with E-state index in [1.807, 2.05) is 0 Å². The van der Waals surface area contributed by atoms with E-state index in [-0.39, 0.29) is 5.88 Å². The van der Waals surface area contributed by atoms with Crippen LogP contribution in [0.15, 0.2) is 4.90 Å². The van der Waals surface area contributed by atoms with Gasteiger partial charge in [-0.05, 0) is 31.4 Å². The number of hydrogen-bond acceptors (Lipinski definition) is 4. The van der Waals surface area contributed by atoms with E-state index in [2.05, 4.69) is 9.97 Å². The highest BCUT2D eigenvalue weighted by Gasteiger charge is 2.29. The minimum Gasteiger partial charge on any atom is -0.492 e. The fourth-order valence-corrected chi connectivity index (χ4v) is 2.74. The number of aromatic hydroxyl groups is 1. The molecule has 0 unspecified atom stereocenters. The average molecular weight is 208 g/mol. The van der Waals surface area contributed by atoms with Crippen molar-refractivity contribution >= 4 is 11.8 Å². The van der Waals surface area contributed by atoms with Crippen molar-refractivity contribution in [2.75, 3.05) is 5.75 Å². The first-order valence-corrected chi connectivity index (χ1v) is 6.06. The maximum atomic E-state index is 9.74. The summed E-state index contributed by atoms with van der Waals surface area (Å²) in [7, 11) is 0. The van der Waals surface area contributed by atoms with Crippen molar-refractivity contribution in [3.63, 3.8) is 0 Å². The molecule has 74 valence electrons. The van der Waals surface area contributed by atoms with Gasteiger partial charge in [0.2, 0.25) is 5.88 Å². The summed E-state index contributed by atoms with van der Waals surface area (Å²) >= 11 is 1.68. The van der Waals surface area contributed by atoms with Gasteiger partial charge in [0.1, 0.15) is 5.82 Å². The molecule has 0 amide bonds. The summed E-state index contributed by atoms with van der Waals surface area (Å²) in [5.74, 6) is 2.68. The van der Waals surface area contributed by atoms with Crippen molar-refractivity contribution in [1.82, 2.24) is 9.97 Å². The van der Waals surface area contributed by atoms with Crippen molar-refractivity contribution in [3.05, 3.63) is 11.5 Å². The summed E-state index contributed by atoms with van der Waals surface area (Å²) in [6, 6.07) is 0. The summed E-state index contributed by atoms with van der Waals surface area (Å²) in [4.78, 5) is 9.63. The summed E-state index contributed by atoms with van der Waals surface area (Å²) in [5.41, 5.74) is 1.07. The largest absolute Gasteiger partial charge is 0.492 e. The second kappa shape index (κ2) is 3.12. The van der Waals surface area contributed by atoms with Gasteiger partial charge in [-0.3, -0.25) is 0 Å². The number of thioether (sulfide) groups is 1. The van der Waals surface area contributed by atoms with Gasteiger partial charge >= 0.3 is 0 Å². The van der Waals surface area contributed by atoms with Crippen LogP contribution >= 0.6 is 11.8 Å². The van der Waals surface area contributed by atoms with Crippen LogP contribution in [0.25, 0.3) is 0 Å². The van der Waals surface area contributed by atoms with E-state index in [9.17, 15) is 5.11 Å². The van der Waals surface area contributed by atoms with Crippen molar-refractivity contribution in [2.24, 2.45) is 0 Å². The van der Waals surface area contributed by atoms with Gasteiger partial charge in [-0.25, -0.2) is 4.98 Å². The SMILES string of the molecule is Oc1nc(C2CC2)nc2c1SCCC2. The molecular formula is C10H12N2OS. The smallest absolute Gasteiger partial charge is 0.228 e. The lowest BCUT2D eigenvalue weighted by atomic mass is 10.2. The van der Waals surface area contributed by atoms with Gasteiger partial charge in [0, 0.05) is 5.92 Å². The van der Waals surface area contributed by atoms with Crippen LogP contribution in [0.1, 0.15) is 36.7 Å². The molecule has 0 radical (unpaired) electrons. The monoisotopic (exact) mass is 208 g/mol. The average Bonchev–Trinajstić information content (AvgIpc) is 3.01. The highest BCUT2D eigenvalue weighted by molar-refractivity contribution is 7.99. The van der Waals surface area contributed by atoms with Gasteiger partial charge in [-0.15, -0.1) is 11.8 Å². The highest BCUT2D eigenvalue weighted by atomic mass is 32.2. The quantitative estimate of drug-likeness (QED) is 0.767. The molecule has 0 aromatic carbocycles. The van der Waals surface area contributed by atoms with Crippen LogP contribution < -0.4 is 0 Å². The van der Waals surface area contributed by atoms with E-state index in [4.69, 9.17) is 0 Å². The maximum Gasteiger partial charge on any atom is 0.228 e. The van der Waals surface area contributed by atoms with Crippen LogP contribution in [0.2, 0.25) is 0 Å². The normalized spacial score (nSPS) is 20.6. The zero-order valence-electron chi connectivity index (χ0n) is 7.86. The molecule has 0 atom stereocenters. The minimum absolute atomic E-state index is 0.210. The summed E-state index contributed by atoms with van der Waals surface area (Å²) in [5, 5.41) is 9.74. The molecule has 1 aromatic heterocycles. The Morgan fingerprint density at radius 2 is 2.14 bits per heavy atom. The molecule has 4 heteroatoms. The molecule has 0 bridgehead atoms. The highest BCUT2D eigenvalue weighted by Crippen LogP contribution is 2.41. The first-order valence-electron chi connectivity index (χ1n) is 5.07. The van der Waals surface area contributed by atoms with Crippen LogP contribution in [0.3, 0.4) is 0 Å². The van der Waals surface area contributed by atoms with E-state index < -0.39 is 0 Å². The molecule has 1 saturated carbocycles. The molecule has 0 saturated heterocycles. The Bertz CT molecular complexity index is 377. The fraction of sp³-hybridized carbons (Fsp3) is 0.600. The molecule has 1 aromatic rings. The van der Waals surface area contributed by atoms with Crippen molar-refractivity contribution < 1.29 is 5.11 Å². The Hall–Kier alpha value is -0.770. The standard InChI is InChI=1S/C10H12N2OS/c13-10-8-7(2-1-5-14-8)11-9(12-10)6-3-4-6/h6H,1-5H2,(H,11,12,13). The predicted octanol–water partition coefficient (Wildman–Crippen LogP) is 2.10. The second-order valence-electron chi connectivity index (χ2n) is 3.91. The molecular weight excluding hydrogens is 196 g/mol. The van der Waals surface area contributed by atoms with Gasteiger partial charge in [0.15, 0.2) is 0 Å². The molecule has 2 aliphatic rings. The number of fused-ring (bicyclic) bond motifs is 1. The Kier molecular flexibility index (Phi) is 1.90. The predicted molar refractivity (Wildman–Crippen MR) is 54.7 cm³/mol. The Labute approximate surface area is 87.0 Å². The molecule has 1 aliphatic heterocycles. The molecule has 3 nitrogen and oxygen atoms in total. The van der Waals surface area contributed by atoms with Crippen molar-refractivity contribution in [2.45, 2.75) is 36.5 Å². The van der Waals surface area contributed by atoms with Crippen LogP contribution in [-0.4, -0.2) is 20.8 Å². The number of hydrogen-bond donors (Lipinski definition) is 1. The lowest BCUT2D eigenvalue weighted by Gasteiger charge is -2.15. The molecule has 1 fully saturated rings. The van der Waals surface area contributed by atoms with E-state index >= 15 is 0 Å². The third-order valence-corrected chi connectivity index (χ3v) is 3.88. The van der Waals surface area contributed by atoms with Crippen LogP contribution in [0.4, 0.5) is 0 Å². The van der Waals surface area contributed by atoms with Crippen LogP contribution in [-0.2, 0) is 6.42 Å². The molecule has 0 spiro atoms.